The Balaban J connectivity index is 1.47. The van der Waals surface area contributed by atoms with E-state index in [1.54, 1.807) is 18.2 Å². The van der Waals surface area contributed by atoms with E-state index in [9.17, 15) is 4.79 Å². The molecule has 0 atom stereocenters. The van der Waals surface area contributed by atoms with Crippen molar-refractivity contribution in [3.63, 3.8) is 0 Å². The number of hydrogen-bond donors (Lipinski definition) is 0. The molecule has 1 spiro atoms. The van der Waals surface area contributed by atoms with Crippen molar-refractivity contribution in [2.75, 3.05) is 13.1 Å². The van der Waals surface area contributed by atoms with Crippen LogP contribution in [0.1, 0.15) is 35.2 Å². The molecule has 3 nitrogen and oxygen atoms in total. The van der Waals surface area contributed by atoms with Crippen LogP contribution in [0, 0.1) is 0 Å². The van der Waals surface area contributed by atoms with Crippen molar-refractivity contribution in [2.24, 2.45) is 0 Å². The number of hydrogen-bond acceptors (Lipinski definition) is 2. The minimum Gasteiger partial charge on any atom is -0.487 e. The van der Waals surface area contributed by atoms with Crippen LogP contribution in [0.25, 0.3) is 0 Å². The van der Waals surface area contributed by atoms with Gasteiger partial charge in [0.05, 0.1) is 10.6 Å². The third-order valence-electron chi connectivity index (χ3n) is 5.27. The van der Waals surface area contributed by atoms with E-state index in [1.165, 1.54) is 5.56 Å². The van der Waals surface area contributed by atoms with Gasteiger partial charge < -0.3 is 9.64 Å². The minimum atomic E-state index is -0.150. The molecule has 0 saturated carbocycles. The zero-order valence-electron chi connectivity index (χ0n) is 13.8. The van der Waals surface area contributed by atoms with Gasteiger partial charge in [-0.15, -0.1) is 0 Å². The zero-order chi connectivity index (χ0) is 17.4. The lowest BCUT2D eigenvalue weighted by molar-refractivity contribution is -0.0106. The van der Waals surface area contributed by atoms with Crippen molar-refractivity contribution in [1.82, 2.24) is 4.90 Å². The molecule has 0 N–H and O–H groups in total. The van der Waals surface area contributed by atoms with Crippen molar-refractivity contribution in [3.05, 3.63) is 63.6 Å². The van der Waals surface area contributed by atoms with Crippen LogP contribution in [0.2, 0.25) is 10.0 Å². The zero-order valence-corrected chi connectivity index (χ0v) is 15.3. The van der Waals surface area contributed by atoms with E-state index in [1.807, 2.05) is 17.0 Å². The van der Waals surface area contributed by atoms with Crippen LogP contribution in [-0.4, -0.2) is 29.5 Å². The summed E-state index contributed by atoms with van der Waals surface area (Å²) in [6.07, 6.45) is 3.71. The van der Waals surface area contributed by atoms with E-state index in [-0.39, 0.29) is 11.5 Å². The molecule has 130 valence electrons. The van der Waals surface area contributed by atoms with E-state index in [0.717, 1.165) is 31.4 Å². The molecular formula is C20H19Cl2NO2. The van der Waals surface area contributed by atoms with Gasteiger partial charge in [-0.05, 0) is 42.7 Å². The third kappa shape index (κ3) is 3.23. The maximum Gasteiger partial charge on any atom is 0.255 e. The summed E-state index contributed by atoms with van der Waals surface area (Å²) >= 11 is 12.2. The summed E-state index contributed by atoms with van der Waals surface area (Å²) in [4.78, 5) is 14.6. The van der Waals surface area contributed by atoms with Crippen LogP contribution < -0.4 is 4.74 Å². The van der Waals surface area contributed by atoms with Gasteiger partial charge in [0.15, 0.2) is 0 Å². The van der Waals surface area contributed by atoms with Crippen molar-refractivity contribution in [1.29, 1.82) is 0 Å². The number of ether oxygens (including phenoxy) is 1. The summed E-state index contributed by atoms with van der Waals surface area (Å²) in [5.41, 5.74) is 1.60. The molecule has 0 radical (unpaired) electrons. The molecule has 1 saturated heterocycles. The summed E-state index contributed by atoms with van der Waals surface area (Å²) in [5.74, 6) is 0.935. The maximum absolute atomic E-state index is 12.8. The molecule has 2 aromatic carbocycles. The Bertz CT molecular complexity index is 813. The van der Waals surface area contributed by atoms with Gasteiger partial charge in [-0.1, -0.05) is 41.4 Å². The van der Waals surface area contributed by atoms with E-state index in [0.29, 0.717) is 28.7 Å². The normalized spacial score (nSPS) is 18.6. The number of likely N-dealkylation sites (tertiary alicyclic amines) is 1. The molecule has 0 unspecified atom stereocenters. The van der Waals surface area contributed by atoms with Crippen molar-refractivity contribution < 1.29 is 9.53 Å². The predicted molar refractivity (Wildman–Crippen MR) is 99.7 cm³/mol. The van der Waals surface area contributed by atoms with Crippen LogP contribution in [0.4, 0.5) is 0 Å². The number of benzene rings is 2. The van der Waals surface area contributed by atoms with E-state index in [4.69, 9.17) is 27.9 Å². The second kappa shape index (κ2) is 6.54. The first kappa shape index (κ1) is 16.7. The summed E-state index contributed by atoms with van der Waals surface area (Å²) in [6.45, 7) is 1.34. The van der Waals surface area contributed by atoms with Crippen molar-refractivity contribution in [3.8, 4) is 5.75 Å². The number of fused-ring (bicyclic) bond motifs is 1. The van der Waals surface area contributed by atoms with Crippen LogP contribution in [0.5, 0.6) is 5.75 Å². The largest absolute Gasteiger partial charge is 0.487 e. The standard InChI is InChI=1S/C20H19Cl2NO2/c21-15-5-6-17(22)16(13-15)19(24)23-11-9-20(10-12-23)8-7-14-3-1-2-4-18(14)25-20/h1-6,13H,7-12H2. The molecule has 0 aliphatic carbocycles. The Morgan fingerprint density at radius 2 is 1.80 bits per heavy atom. The molecule has 1 fully saturated rings. The molecule has 2 aliphatic heterocycles. The number of carbonyl (C=O) groups excluding carboxylic acids is 1. The molecule has 4 rings (SSSR count). The van der Waals surface area contributed by atoms with Gasteiger partial charge in [0.1, 0.15) is 11.4 Å². The lowest BCUT2D eigenvalue weighted by Gasteiger charge is -2.44. The summed E-state index contributed by atoms with van der Waals surface area (Å²) in [6, 6.07) is 13.2. The number of carbonyl (C=O) groups is 1. The van der Waals surface area contributed by atoms with Gasteiger partial charge in [0, 0.05) is 31.0 Å². The molecular weight excluding hydrogens is 357 g/mol. The van der Waals surface area contributed by atoms with Crippen LogP contribution in [-0.2, 0) is 6.42 Å². The number of amides is 1. The Morgan fingerprint density at radius 1 is 1.04 bits per heavy atom. The van der Waals surface area contributed by atoms with Gasteiger partial charge in [-0.2, -0.15) is 0 Å². The first-order chi connectivity index (χ1) is 12.1. The molecule has 2 aliphatic rings. The van der Waals surface area contributed by atoms with Gasteiger partial charge in [-0.25, -0.2) is 0 Å². The summed E-state index contributed by atoms with van der Waals surface area (Å²) < 4.78 is 6.35. The number of rotatable bonds is 1. The maximum atomic E-state index is 12.8. The lowest BCUT2D eigenvalue weighted by atomic mass is 9.83. The molecule has 0 bridgehead atoms. The van der Waals surface area contributed by atoms with E-state index in [2.05, 4.69) is 12.1 Å². The molecule has 5 heteroatoms. The number of piperidine rings is 1. The SMILES string of the molecule is O=C(c1cc(Cl)ccc1Cl)N1CCC2(CCc3ccccc3O2)CC1. The minimum absolute atomic E-state index is 0.0569. The highest BCUT2D eigenvalue weighted by atomic mass is 35.5. The molecule has 1 amide bonds. The summed E-state index contributed by atoms with van der Waals surface area (Å²) in [5, 5.41) is 0.964. The molecule has 0 aromatic heterocycles. The van der Waals surface area contributed by atoms with Gasteiger partial charge in [-0.3, -0.25) is 4.79 Å². The van der Waals surface area contributed by atoms with Crippen LogP contribution >= 0.6 is 23.2 Å². The monoisotopic (exact) mass is 375 g/mol. The number of halogens is 2. The molecule has 2 aromatic rings. The fourth-order valence-electron chi connectivity index (χ4n) is 3.76. The highest BCUT2D eigenvalue weighted by molar-refractivity contribution is 6.35. The first-order valence-corrected chi connectivity index (χ1v) is 9.33. The van der Waals surface area contributed by atoms with Gasteiger partial charge in [0.25, 0.3) is 5.91 Å². The first-order valence-electron chi connectivity index (χ1n) is 8.58. The van der Waals surface area contributed by atoms with Crippen LogP contribution in [0.15, 0.2) is 42.5 Å². The highest BCUT2D eigenvalue weighted by Gasteiger charge is 2.40. The second-order valence-electron chi connectivity index (χ2n) is 6.81. The lowest BCUT2D eigenvalue weighted by Crippen LogP contribution is -2.51. The van der Waals surface area contributed by atoms with Crippen LogP contribution in [0.3, 0.4) is 0 Å². The summed E-state index contributed by atoms with van der Waals surface area (Å²) in [7, 11) is 0. The van der Waals surface area contributed by atoms with Gasteiger partial charge >= 0.3 is 0 Å². The number of aryl methyl sites for hydroxylation is 1. The highest BCUT2D eigenvalue weighted by Crippen LogP contribution is 2.39. The average molecular weight is 376 g/mol. The number of para-hydroxylation sites is 1. The van der Waals surface area contributed by atoms with E-state index < -0.39 is 0 Å². The Hall–Kier alpha value is -1.71. The Morgan fingerprint density at radius 3 is 2.60 bits per heavy atom. The Kier molecular flexibility index (Phi) is 4.38. The topological polar surface area (TPSA) is 29.5 Å². The van der Waals surface area contributed by atoms with Crippen molar-refractivity contribution in [2.45, 2.75) is 31.3 Å². The smallest absolute Gasteiger partial charge is 0.255 e. The number of nitrogens with zero attached hydrogens (tertiary/aromatic N) is 1. The van der Waals surface area contributed by atoms with E-state index >= 15 is 0 Å². The average Bonchev–Trinajstić information content (AvgIpc) is 2.64. The Labute approximate surface area is 157 Å². The fraction of sp³-hybridized carbons (Fsp3) is 0.350. The fourth-order valence-corrected chi connectivity index (χ4v) is 4.13. The molecule has 25 heavy (non-hydrogen) atoms. The predicted octanol–water partition coefficient (Wildman–Crippen LogP) is 4.99. The molecule has 2 heterocycles. The quantitative estimate of drug-likeness (QED) is 0.702. The second-order valence-corrected chi connectivity index (χ2v) is 7.65. The van der Waals surface area contributed by atoms with Crippen molar-refractivity contribution >= 4 is 29.1 Å². The third-order valence-corrected chi connectivity index (χ3v) is 5.83. The van der Waals surface area contributed by atoms with Gasteiger partial charge in [0.2, 0.25) is 0 Å².